The largest absolute Gasteiger partial charge is 0.374 e. The van der Waals surface area contributed by atoms with Crippen LogP contribution in [-0.4, -0.2) is 44.9 Å². The third-order valence-corrected chi connectivity index (χ3v) is 8.09. The van der Waals surface area contributed by atoms with Crippen LogP contribution in [0.4, 0.5) is 0 Å². The Kier molecular flexibility index (Phi) is 8.45. The van der Waals surface area contributed by atoms with Crippen LogP contribution >= 0.6 is 0 Å². The lowest BCUT2D eigenvalue weighted by Crippen LogP contribution is -2.43. The Morgan fingerprint density at radius 2 is 1.81 bits per heavy atom. The number of carbonyl (C=O) groups excluding carboxylic acids is 1. The van der Waals surface area contributed by atoms with Gasteiger partial charge in [0.15, 0.2) is 0 Å². The second-order valence-corrected chi connectivity index (χ2v) is 10.4. The maximum atomic E-state index is 13.0. The number of rotatable bonds is 9. The Bertz CT molecular complexity index is 1000. The van der Waals surface area contributed by atoms with Crippen LogP contribution < -0.4 is 5.32 Å². The minimum Gasteiger partial charge on any atom is -0.374 e. The van der Waals surface area contributed by atoms with Crippen molar-refractivity contribution in [2.24, 2.45) is 5.92 Å². The Labute approximate surface area is 192 Å². The highest BCUT2D eigenvalue weighted by Gasteiger charge is 2.32. The first-order valence-electron chi connectivity index (χ1n) is 11.3. The summed E-state index contributed by atoms with van der Waals surface area (Å²) in [4.78, 5) is 12.9. The zero-order chi connectivity index (χ0) is 23.1. The number of piperidine rings is 1. The van der Waals surface area contributed by atoms with Crippen molar-refractivity contribution >= 4 is 15.9 Å². The molecule has 1 fully saturated rings. The second-order valence-electron chi connectivity index (χ2n) is 8.52. The zero-order valence-corrected chi connectivity index (χ0v) is 20.0. The van der Waals surface area contributed by atoms with Crippen LogP contribution in [0.5, 0.6) is 0 Å². The van der Waals surface area contributed by atoms with Crippen LogP contribution in [0.2, 0.25) is 0 Å². The van der Waals surface area contributed by atoms with Crippen LogP contribution in [0.3, 0.4) is 0 Å². The fraction of sp³-hybridized carbons (Fsp3) is 0.480. The molecule has 2 aromatic carbocycles. The molecule has 0 aromatic heterocycles. The van der Waals surface area contributed by atoms with Crippen LogP contribution in [0.1, 0.15) is 49.0 Å². The molecule has 1 N–H and O–H groups in total. The summed E-state index contributed by atoms with van der Waals surface area (Å²) in [5, 5.41) is 2.98. The van der Waals surface area contributed by atoms with E-state index in [9.17, 15) is 13.2 Å². The number of nitrogens with one attached hydrogen (secondary N) is 1. The van der Waals surface area contributed by atoms with Gasteiger partial charge in [0.1, 0.15) is 0 Å². The minimum absolute atomic E-state index is 0.00433. The van der Waals surface area contributed by atoms with Crippen molar-refractivity contribution in [1.82, 2.24) is 9.62 Å². The van der Waals surface area contributed by atoms with Gasteiger partial charge in [0, 0.05) is 32.2 Å². The van der Waals surface area contributed by atoms with E-state index in [0.717, 1.165) is 23.1 Å². The van der Waals surface area contributed by atoms with Crippen molar-refractivity contribution in [1.29, 1.82) is 0 Å². The third kappa shape index (κ3) is 6.18. The molecule has 0 spiro atoms. The SMILES string of the molecule is Cc1ccc(S(=O)(=O)N2CCC(C(=O)NCCCO[C@@H](C)c3ccccc3)CC2)c(C)c1. The van der Waals surface area contributed by atoms with Crippen LogP contribution in [-0.2, 0) is 19.6 Å². The number of hydrogen-bond donors (Lipinski definition) is 1. The molecule has 0 unspecified atom stereocenters. The van der Waals surface area contributed by atoms with Gasteiger partial charge in [-0.3, -0.25) is 4.79 Å². The molecule has 32 heavy (non-hydrogen) atoms. The van der Waals surface area contributed by atoms with Gasteiger partial charge >= 0.3 is 0 Å². The summed E-state index contributed by atoms with van der Waals surface area (Å²) in [6.45, 7) is 7.66. The Morgan fingerprint density at radius 3 is 2.47 bits per heavy atom. The zero-order valence-electron chi connectivity index (χ0n) is 19.2. The molecular weight excluding hydrogens is 424 g/mol. The maximum Gasteiger partial charge on any atom is 0.243 e. The summed E-state index contributed by atoms with van der Waals surface area (Å²) in [6, 6.07) is 15.4. The number of benzene rings is 2. The smallest absolute Gasteiger partial charge is 0.243 e. The Hall–Kier alpha value is -2.22. The lowest BCUT2D eigenvalue weighted by Gasteiger charge is -2.31. The predicted molar refractivity (Wildman–Crippen MR) is 126 cm³/mol. The molecule has 1 atom stereocenters. The topological polar surface area (TPSA) is 75.7 Å². The number of carbonyl (C=O) groups is 1. The fourth-order valence-electron chi connectivity index (χ4n) is 4.09. The predicted octanol–water partition coefficient (Wildman–Crippen LogP) is 3.99. The molecule has 6 nitrogen and oxygen atoms in total. The average Bonchev–Trinajstić information content (AvgIpc) is 2.79. The lowest BCUT2D eigenvalue weighted by atomic mass is 9.97. The number of hydrogen-bond acceptors (Lipinski definition) is 4. The van der Waals surface area contributed by atoms with E-state index in [1.54, 1.807) is 6.07 Å². The van der Waals surface area contributed by atoms with Crippen molar-refractivity contribution < 1.29 is 17.9 Å². The molecule has 0 radical (unpaired) electrons. The summed E-state index contributed by atoms with van der Waals surface area (Å²) < 4.78 is 33.4. The summed E-state index contributed by atoms with van der Waals surface area (Å²) in [7, 11) is -3.53. The third-order valence-electron chi connectivity index (χ3n) is 6.03. The van der Waals surface area contributed by atoms with Crippen LogP contribution in [0, 0.1) is 19.8 Å². The van der Waals surface area contributed by atoms with E-state index < -0.39 is 10.0 Å². The lowest BCUT2D eigenvalue weighted by molar-refractivity contribution is -0.126. The van der Waals surface area contributed by atoms with E-state index >= 15 is 0 Å². The Morgan fingerprint density at radius 1 is 1.12 bits per heavy atom. The van der Waals surface area contributed by atoms with Crippen molar-refractivity contribution in [2.75, 3.05) is 26.2 Å². The van der Waals surface area contributed by atoms with Gasteiger partial charge in [0.2, 0.25) is 15.9 Å². The number of amides is 1. The van der Waals surface area contributed by atoms with Crippen LogP contribution in [0.25, 0.3) is 0 Å². The van der Waals surface area contributed by atoms with Gasteiger partial charge in [-0.15, -0.1) is 0 Å². The number of nitrogens with zero attached hydrogens (tertiary/aromatic N) is 1. The molecule has 0 bridgehead atoms. The quantitative estimate of drug-likeness (QED) is 0.577. The summed E-state index contributed by atoms with van der Waals surface area (Å²) in [6.07, 6.45) is 1.84. The van der Waals surface area contributed by atoms with Gasteiger partial charge in [0.05, 0.1) is 11.0 Å². The van der Waals surface area contributed by atoms with E-state index in [-0.39, 0.29) is 17.9 Å². The molecule has 1 heterocycles. The molecule has 1 aliphatic rings. The number of ether oxygens (including phenoxy) is 1. The van der Waals surface area contributed by atoms with E-state index in [1.165, 1.54) is 4.31 Å². The van der Waals surface area contributed by atoms with E-state index in [0.29, 0.717) is 44.0 Å². The first kappa shape index (κ1) is 24.4. The van der Waals surface area contributed by atoms with Crippen molar-refractivity contribution in [3.8, 4) is 0 Å². The van der Waals surface area contributed by atoms with E-state index in [2.05, 4.69) is 5.32 Å². The van der Waals surface area contributed by atoms with E-state index in [1.807, 2.05) is 63.2 Å². The number of sulfonamides is 1. The molecule has 2 aromatic rings. The van der Waals surface area contributed by atoms with Gasteiger partial charge in [-0.2, -0.15) is 4.31 Å². The van der Waals surface area contributed by atoms with Gasteiger partial charge in [-0.05, 0) is 57.2 Å². The van der Waals surface area contributed by atoms with Crippen molar-refractivity contribution in [3.63, 3.8) is 0 Å². The summed E-state index contributed by atoms with van der Waals surface area (Å²) >= 11 is 0. The van der Waals surface area contributed by atoms with Gasteiger partial charge < -0.3 is 10.1 Å². The van der Waals surface area contributed by atoms with Crippen molar-refractivity contribution in [3.05, 3.63) is 65.2 Å². The molecule has 1 saturated heterocycles. The molecule has 3 rings (SSSR count). The normalized spacial score (nSPS) is 16.6. The highest BCUT2D eigenvalue weighted by molar-refractivity contribution is 7.89. The first-order valence-corrected chi connectivity index (χ1v) is 12.7. The van der Waals surface area contributed by atoms with E-state index in [4.69, 9.17) is 4.74 Å². The highest BCUT2D eigenvalue weighted by atomic mass is 32.2. The van der Waals surface area contributed by atoms with Crippen molar-refractivity contribution in [2.45, 2.75) is 51.0 Å². The minimum atomic E-state index is -3.53. The first-order chi connectivity index (χ1) is 15.3. The molecular formula is C25H34N2O4S. The standard InChI is InChI=1S/C25H34N2O4S/c1-19-10-11-24(20(2)18-19)32(29,30)27-15-12-23(13-16-27)25(28)26-14-7-17-31-21(3)22-8-5-4-6-9-22/h4-6,8-11,18,21,23H,7,12-17H2,1-3H3,(H,26,28)/t21-/m0/s1. The van der Waals surface area contributed by atoms with Gasteiger partial charge in [0.25, 0.3) is 0 Å². The average molecular weight is 459 g/mol. The molecule has 1 aliphatic heterocycles. The van der Waals surface area contributed by atoms with Gasteiger partial charge in [-0.25, -0.2) is 8.42 Å². The molecule has 1 amide bonds. The molecule has 7 heteroatoms. The maximum absolute atomic E-state index is 13.0. The number of aryl methyl sites for hydroxylation is 2. The molecule has 0 aliphatic carbocycles. The van der Waals surface area contributed by atoms with Gasteiger partial charge in [-0.1, -0.05) is 48.0 Å². The van der Waals surface area contributed by atoms with Crippen LogP contribution in [0.15, 0.2) is 53.4 Å². The molecule has 0 saturated carbocycles. The molecule has 174 valence electrons. The Balaban J connectivity index is 1.39. The monoisotopic (exact) mass is 458 g/mol. The summed E-state index contributed by atoms with van der Waals surface area (Å²) in [5.41, 5.74) is 2.93. The highest BCUT2D eigenvalue weighted by Crippen LogP contribution is 2.26. The summed E-state index contributed by atoms with van der Waals surface area (Å²) in [5.74, 6) is -0.144. The fourth-order valence-corrected chi connectivity index (χ4v) is 5.77. The second kappa shape index (κ2) is 11.1.